The van der Waals surface area contributed by atoms with Crippen LogP contribution in [0.5, 0.6) is 0 Å². The summed E-state index contributed by atoms with van der Waals surface area (Å²) < 4.78 is 7.91. The van der Waals surface area contributed by atoms with Gasteiger partial charge in [0.1, 0.15) is 0 Å². The minimum absolute atomic E-state index is 0.0646. The van der Waals surface area contributed by atoms with E-state index in [1.165, 1.54) is 0 Å². The van der Waals surface area contributed by atoms with E-state index in [9.17, 15) is 9.59 Å². The number of nitrogens with one attached hydrogen (secondary N) is 1. The van der Waals surface area contributed by atoms with Gasteiger partial charge < -0.3 is 10.1 Å². The van der Waals surface area contributed by atoms with Crippen LogP contribution in [0.1, 0.15) is 22.5 Å². The number of halogens is 1. The second-order valence-electron chi connectivity index (χ2n) is 6.74. The topological polar surface area (TPSA) is 73.2 Å². The Kier molecular flexibility index (Phi) is 6.49. The van der Waals surface area contributed by atoms with Crippen molar-refractivity contribution in [1.82, 2.24) is 9.78 Å². The predicted octanol–water partition coefficient (Wildman–Crippen LogP) is 4.28. The van der Waals surface area contributed by atoms with Crippen molar-refractivity contribution in [1.29, 1.82) is 0 Å². The standard InChI is InChI=1S/C22H22BrN3O3/c1-14-11-17(23)9-10-20(14)24-21(27)13-29-22(28)12-19-15(2)25-26(16(19)3)18-7-5-4-6-8-18/h4-11H,12-13H2,1-3H3,(H,24,27). The van der Waals surface area contributed by atoms with Crippen LogP contribution in [0.2, 0.25) is 0 Å². The smallest absolute Gasteiger partial charge is 0.310 e. The van der Waals surface area contributed by atoms with E-state index < -0.39 is 5.97 Å². The highest BCUT2D eigenvalue weighted by atomic mass is 79.9. The molecule has 0 saturated heterocycles. The minimum atomic E-state index is -0.466. The first-order valence-corrected chi connectivity index (χ1v) is 9.96. The Bertz CT molecular complexity index is 1040. The van der Waals surface area contributed by atoms with Gasteiger partial charge in [0.15, 0.2) is 6.61 Å². The van der Waals surface area contributed by atoms with Crippen molar-refractivity contribution in [2.24, 2.45) is 0 Å². The van der Waals surface area contributed by atoms with Crippen LogP contribution in [0.4, 0.5) is 5.69 Å². The molecule has 0 radical (unpaired) electrons. The van der Waals surface area contributed by atoms with E-state index in [4.69, 9.17) is 4.74 Å². The third-order valence-electron chi connectivity index (χ3n) is 4.59. The molecule has 6 nitrogen and oxygen atoms in total. The number of hydrogen-bond donors (Lipinski definition) is 1. The molecular weight excluding hydrogens is 434 g/mol. The summed E-state index contributed by atoms with van der Waals surface area (Å²) >= 11 is 3.38. The second kappa shape index (κ2) is 9.05. The van der Waals surface area contributed by atoms with Gasteiger partial charge in [-0.05, 0) is 56.7 Å². The fourth-order valence-electron chi connectivity index (χ4n) is 3.05. The van der Waals surface area contributed by atoms with Crippen LogP contribution in [-0.2, 0) is 20.7 Å². The molecule has 3 rings (SSSR count). The van der Waals surface area contributed by atoms with Crippen molar-refractivity contribution < 1.29 is 14.3 Å². The molecule has 0 spiro atoms. The summed E-state index contributed by atoms with van der Waals surface area (Å²) in [5.41, 5.74) is 4.97. The lowest BCUT2D eigenvalue weighted by atomic mass is 10.1. The number of aryl methyl sites for hydroxylation is 2. The minimum Gasteiger partial charge on any atom is -0.455 e. The Morgan fingerprint density at radius 1 is 1.10 bits per heavy atom. The Morgan fingerprint density at radius 2 is 1.83 bits per heavy atom. The summed E-state index contributed by atoms with van der Waals surface area (Å²) in [6.07, 6.45) is 0.0646. The molecule has 1 N–H and O–H groups in total. The maximum atomic E-state index is 12.3. The first-order chi connectivity index (χ1) is 13.8. The lowest BCUT2D eigenvalue weighted by Crippen LogP contribution is -2.22. The molecule has 0 atom stereocenters. The third kappa shape index (κ3) is 5.12. The molecule has 2 aromatic carbocycles. The number of esters is 1. The van der Waals surface area contributed by atoms with Gasteiger partial charge in [0.2, 0.25) is 0 Å². The zero-order valence-electron chi connectivity index (χ0n) is 16.5. The molecular formula is C22H22BrN3O3. The van der Waals surface area contributed by atoms with Gasteiger partial charge in [-0.3, -0.25) is 9.59 Å². The molecule has 0 aliphatic rings. The molecule has 7 heteroatoms. The summed E-state index contributed by atoms with van der Waals surface area (Å²) in [7, 11) is 0. The fraction of sp³-hybridized carbons (Fsp3) is 0.227. The maximum Gasteiger partial charge on any atom is 0.310 e. The van der Waals surface area contributed by atoms with E-state index >= 15 is 0 Å². The van der Waals surface area contributed by atoms with Crippen LogP contribution in [0.3, 0.4) is 0 Å². The van der Waals surface area contributed by atoms with Gasteiger partial charge in [-0.25, -0.2) is 4.68 Å². The van der Waals surface area contributed by atoms with Crippen LogP contribution >= 0.6 is 15.9 Å². The van der Waals surface area contributed by atoms with Gasteiger partial charge in [0.05, 0.1) is 17.8 Å². The Hall–Kier alpha value is -2.93. The summed E-state index contributed by atoms with van der Waals surface area (Å²) in [4.78, 5) is 24.4. The molecule has 150 valence electrons. The molecule has 1 amide bonds. The Morgan fingerprint density at radius 3 is 2.52 bits per heavy atom. The van der Waals surface area contributed by atoms with Gasteiger partial charge >= 0.3 is 5.97 Å². The number of carbonyl (C=O) groups is 2. The number of ether oxygens (including phenoxy) is 1. The maximum absolute atomic E-state index is 12.3. The zero-order chi connectivity index (χ0) is 21.0. The summed E-state index contributed by atoms with van der Waals surface area (Å²) in [5.74, 6) is -0.844. The molecule has 1 aromatic heterocycles. The Balaban J connectivity index is 1.60. The normalized spacial score (nSPS) is 10.6. The van der Waals surface area contributed by atoms with Gasteiger partial charge in [0.25, 0.3) is 5.91 Å². The van der Waals surface area contributed by atoms with Crippen LogP contribution in [-0.4, -0.2) is 28.3 Å². The summed E-state index contributed by atoms with van der Waals surface area (Å²) in [6, 6.07) is 15.3. The average Bonchev–Trinajstić information content (AvgIpc) is 2.97. The number of amides is 1. The number of benzene rings is 2. The van der Waals surface area contributed by atoms with E-state index in [1.807, 2.05) is 63.2 Å². The summed E-state index contributed by atoms with van der Waals surface area (Å²) in [6.45, 7) is 5.33. The van der Waals surface area contributed by atoms with Crippen molar-refractivity contribution in [2.75, 3.05) is 11.9 Å². The highest BCUT2D eigenvalue weighted by Gasteiger charge is 2.17. The molecule has 0 bridgehead atoms. The first-order valence-electron chi connectivity index (χ1n) is 9.17. The molecule has 3 aromatic rings. The van der Waals surface area contributed by atoms with Crippen LogP contribution in [0.25, 0.3) is 5.69 Å². The van der Waals surface area contributed by atoms with Crippen molar-refractivity contribution in [2.45, 2.75) is 27.2 Å². The molecule has 1 heterocycles. The molecule has 29 heavy (non-hydrogen) atoms. The van der Waals surface area contributed by atoms with Crippen LogP contribution < -0.4 is 5.32 Å². The summed E-state index contributed by atoms with van der Waals surface area (Å²) in [5, 5.41) is 7.28. The van der Waals surface area contributed by atoms with E-state index in [2.05, 4.69) is 26.3 Å². The monoisotopic (exact) mass is 455 g/mol. The van der Waals surface area contributed by atoms with Gasteiger partial charge in [-0.2, -0.15) is 5.10 Å². The highest BCUT2D eigenvalue weighted by molar-refractivity contribution is 9.10. The fourth-order valence-corrected chi connectivity index (χ4v) is 3.52. The molecule has 0 unspecified atom stereocenters. The predicted molar refractivity (Wildman–Crippen MR) is 115 cm³/mol. The largest absolute Gasteiger partial charge is 0.455 e. The van der Waals surface area contributed by atoms with Crippen molar-refractivity contribution in [3.63, 3.8) is 0 Å². The van der Waals surface area contributed by atoms with Crippen LogP contribution in [0, 0.1) is 20.8 Å². The number of aromatic nitrogens is 2. The van der Waals surface area contributed by atoms with E-state index in [0.717, 1.165) is 32.7 Å². The van der Waals surface area contributed by atoms with Gasteiger partial charge in [-0.15, -0.1) is 0 Å². The van der Waals surface area contributed by atoms with Crippen molar-refractivity contribution in [3.8, 4) is 5.69 Å². The van der Waals surface area contributed by atoms with E-state index in [1.54, 1.807) is 10.7 Å². The lowest BCUT2D eigenvalue weighted by molar-refractivity contribution is -0.146. The average molecular weight is 456 g/mol. The number of hydrogen-bond acceptors (Lipinski definition) is 4. The Labute approximate surface area is 178 Å². The van der Waals surface area contributed by atoms with Crippen molar-refractivity contribution >= 4 is 33.5 Å². The molecule has 0 saturated carbocycles. The second-order valence-corrected chi connectivity index (χ2v) is 7.66. The van der Waals surface area contributed by atoms with Gasteiger partial charge in [0, 0.05) is 21.4 Å². The lowest BCUT2D eigenvalue weighted by Gasteiger charge is -2.09. The molecule has 0 aliphatic heterocycles. The number of carbonyl (C=O) groups excluding carboxylic acids is 2. The third-order valence-corrected chi connectivity index (χ3v) is 5.08. The number of nitrogens with zero attached hydrogens (tertiary/aromatic N) is 2. The SMILES string of the molecule is Cc1cc(Br)ccc1NC(=O)COC(=O)Cc1c(C)nn(-c2ccccc2)c1C. The zero-order valence-corrected chi connectivity index (χ0v) is 18.1. The van der Waals surface area contributed by atoms with Crippen molar-refractivity contribution in [3.05, 3.63) is 75.5 Å². The molecule has 0 fully saturated rings. The highest BCUT2D eigenvalue weighted by Crippen LogP contribution is 2.20. The number of rotatable bonds is 6. The number of anilines is 1. The van der Waals surface area contributed by atoms with Gasteiger partial charge in [-0.1, -0.05) is 34.1 Å². The first kappa shape index (κ1) is 20.8. The van der Waals surface area contributed by atoms with E-state index in [0.29, 0.717) is 5.69 Å². The quantitative estimate of drug-likeness (QED) is 0.562. The molecule has 0 aliphatic carbocycles. The van der Waals surface area contributed by atoms with E-state index in [-0.39, 0.29) is 18.9 Å². The van der Waals surface area contributed by atoms with Crippen LogP contribution in [0.15, 0.2) is 53.0 Å². The number of para-hydroxylation sites is 1.